The Labute approximate surface area is 221 Å². The molecule has 1 fully saturated rings. The minimum Gasteiger partial charge on any atom is -0.459 e. The van der Waals surface area contributed by atoms with Crippen molar-refractivity contribution >= 4 is 29.2 Å². The number of allylic oxidation sites excluding steroid dienone is 1. The van der Waals surface area contributed by atoms with E-state index in [0.717, 1.165) is 11.6 Å². The Morgan fingerprint density at radius 1 is 1.22 bits per heavy atom. The lowest BCUT2D eigenvalue weighted by Crippen LogP contribution is -2.45. The highest BCUT2D eigenvalue weighted by Crippen LogP contribution is 2.54. The Balaban J connectivity index is 2.41. The van der Waals surface area contributed by atoms with Crippen molar-refractivity contribution in [3.05, 3.63) is 80.9 Å². The maximum Gasteiger partial charge on any atom is 0.324 e. The summed E-state index contributed by atoms with van der Waals surface area (Å²) in [5.74, 6) is -3.24. The van der Waals surface area contributed by atoms with Gasteiger partial charge in [0.05, 0.1) is 11.1 Å². The van der Waals surface area contributed by atoms with Crippen molar-refractivity contribution < 1.29 is 18.3 Å². The van der Waals surface area contributed by atoms with E-state index in [9.17, 15) is 10.1 Å². The van der Waals surface area contributed by atoms with Crippen LogP contribution in [0.15, 0.2) is 48.0 Å². The normalized spacial score (nSPS) is 24.3. The minimum absolute atomic E-state index is 0.0273. The van der Waals surface area contributed by atoms with Gasteiger partial charge in [-0.3, -0.25) is 9.69 Å². The largest absolute Gasteiger partial charge is 0.459 e. The number of ether oxygens (including phenoxy) is 1. The topological polar surface area (TPSA) is 53.3 Å². The molecule has 1 unspecified atom stereocenters. The molecule has 2 aromatic rings. The lowest BCUT2D eigenvalue weighted by molar-refractivity contribution is -0.161. The summed E-state index contributed by atoms with van der Waals surface area (Å²) in [6.45, 7) is 11.0. The molecule has 1 heterocycles. The highest BCUT2D eigenvalue weighted by molar-refractivity contribution is 6.31. The summed E-state index contributed by atoms with van der Waals surface area (Å²) >= 11 is 12.2. The summed E-state index contributed by atoms with van der Waals surface area (Å²) in [7, 11) is 0. The molecule has 0 radical (unpaired) electrons. The lowest BCUT2D eigenvalue weighted by Gasteiger charge is -2.34. The Morgan fingerprint density at radius 3 is 2.44 bits per heavy atom. The number of halogens is 4. The van der Waals surface area contributed by atoms with Crippen LogP contribution >= 0.6 is 23.2 Å². The third kappa shape index (κ3) is 5.16. The molecule has 0 amide bonds. The average Bonchev–Trinajstić information content (AvgIpc) is 3.01. The number of hydrogen-bond acceptors (Lipinski definition) is 4. The standard InChI is InChI=1S/C28H30Cl2F2N2O2/c1-16(2)12-13-34-17(3)28(15-33,20-11-10-18(29)14-22(20)31)23(19-8-7-9-21(30)24(19)32)25(34)26(35)36-27(4,5)6/h7-12,14,17,23,25H,13H2,1-6H3/t17?,23-,25+,28+/m0/s1. The predicted molar refractivity (Wildman–Crippen MR) is 138 cm³/mol. The van der Waals surface area contributed by atoms with E-state index in [4.69, 9.17) is 27.9 Å². The zero-order chi connectivity index (χ0) is 27.0. The number of benzene rings is 2. The van der Waals surface area contributed by atoms with Crippen molar-refractivity contribution in [1.82, 2.24) is 4.90 Å². The maximum absolute atomic E-state index is 15.6. The average molecular weight is 535 g/mol. The van der Waals surface area contributed by atoms with Crippen LogP contribution in [-0.4, -0.2) is 35.1 Å². The smallest absolute Gasteiger partial charge is 0.324 e. The van der Waals surface area contributed by atoms with Crippen molar-refractivity contribution in [2.45, 2.75) is 70.6 Å². The van der Waals surface area contributed by atoms with Crippen LogP contribution in [0.1, 0.15) is 58.6 Å². The first-order valence-corrected chi connectivity index (χ1v) is 12.4. The summed E-state index contributed by atoms with van der Waals surface area (Å²) in [4.78, 5) is 15.5. The van der Waals surface area contributed by atoms with E-state index in [1.165, 1.54) is 24.3 Å². The molecule has 0 N–H and O–H groups in total. The van der Waals surface area contributed by atoms with Crippen LogP contribution in [0.2, 0.25) is 10.0 Å². The van der Waals surface area contributed by atoms with Gasteiger partial charge in [0, 0.05) is 29.1 Å². The van der Waals surface area contributed by atoms with Crippen molar-refractivity contribution in [1.29, 1.82) is 5.26 Å². The van der Waals surface area contributed by atoms with Gasteiger partial charge >= 0.3 is 5.97 Å². The van der Waals surface area contributed by atoms with Crippen molar-refractivity contribution in [2.24, 2.45) is 0 Å². The second kappa shape index (κ2) is 10.5. The molecule has 192 valence electrons. The molecular weight excluding hydrogens is 505 g/mol. The minimum atomic E-state index is -1.67. The molecule has 1 aliphatic rings. The van der Waals surface area contributed by atoms with Gasteiger partial charge in [-0.2, -0.15) is 5.26 Å². The van der Waals surface area contributed by atoms with Gasteiger partial charge in [0.15, 0.2) is 0 Å². The Hall–Kier alpha value is -2.46. The van der Waals surface area contributed by atoms with Crippen LogP contribution in [0.3, 0.4) is 0 Å². The second-order valence-electron chi connectivity index (χ2n) is 10.4. The van der Waals surface area contributed by atoms with Gasteiger partial charge in [0.1, 0.15) is 28.7 Å². The fourth-order valence-electron chi connectivity index (χ4n) is 5.01. The number of rotatable bonds is 5. The number of esters is 1. The molecule has 2 aromatic carbocycles. The third-order valence-corrected chi connectivity index (χ3v) is 7.08. The lowest BCUT2D eigenvalue weighted by atomic mass is 9.65. The van der Waals surface area contributed by atoms with E-state index in [0.29, 0.717) is 0 Å². The summed E-state index contributed by atoms with van der Waals surface area (Å²) in [6, 6.07) is 8.95. The molecule has 1 saturated heterocycles. The van der Waals surface area contributed by atoms with Gasteiger partial charge in [-0.15, -0.1) is 0 Å². The second-order valence-corrected chi connectivity index (χ2v) is 11.2. The van der Waals surface area contributed by atoms with Gasteiger partial charge < -0.3 is 4.74 Å². The first-order valence-electron chi connectivity index (χ1n) is 11.7. The predicted octanol–water partition coefficient (Wildman–Crippen LogP) is 7.20. The molecule has 0 spiro atoms. The number of hydrogen-bond donors (Lipinski definition) is 0. The van der Waals surface area contributed by atoms with Gasteiger partial charge in [-0.05, 0) is 65.3 Å². The molecule has 4 nitrogen and oxygen atoms in total. The summed E-state index contributed by atoms with van der Waals surface area (Å²) < 4.78 is 36.9. The molecule has 1 aliphatic heterocycles. The fraction of sp³-hybridized carbons (Fsp3) is 0.429. The molecule has 3 rings (SSSR count). The van der Waals surface area contributed by atoms with Crippen LogP contribution in [0.4, 0.5) is 8.78 Å². The van der Waals surface area contributed by atoms with Crippen LogP contribution in [-0.2, 0) is 14.9 Å². The summed E-state index contributed by atoms with van der Waals surface area (Å²) in [5.41, 5.74) is -1.45. The molecule has 8 heteroatoms. The molecule has 0 aliphatic carbocycles. The maximum atomic E-state index is 15.6. The van der Waals surface area contributed by atoms with Crippen molar-refractivity contribution in [2.75, 3.05) is 6.54 Å². The van der Waals surface area contributed by atoms with E-state index in [-0.39, 0.29) is 27.7 Å². The van der Waals surface area contributed by atoms with E-state index in [1.54, 1.807) is 38.7 Å². The van der Waals surface area contributed by atoms with Gasteiger partial charge in [0.25, 0.3) is 0 Å². The molecule has 0 bridgehead atoms. The zero-order valence-corrected chi connectivity index (χ0v) is 22.7. The number of carbonyl (C=O) groups excluding carboxylic acids is 1. The molecule has 4 atom stereocenters. The van der Waals surface area contributed by atoms with Crippen LogP contribution in [0, 0.1) is 23.0 Å². The molecule has 0 saturated carbocycles. The van der Waals surface area contributed by atoms with Gasteiger partial charge in [-0.1, -0.05) is 53.1 Å². The summed E-state index contributed by atoms with van der Waals surface area (Å²) in [5, 5.41) is 10.8. The van der Waals surface area contributed by atoms with Crippen molar-refractivity contribution in [3.8, 4) is 6.07 Å². The van der Waals surface area contributed by atoms with Gasteiger partial charge in [-0.25, -0.2) is 8.78 Å². The highest BCUT2D eigenvalue weighted by Gasteiger charge is 2.63. The van der Waals surface area contributed by atoms with E-state index >= 15 is 8.78 Å². The molecular formula is C28H30Cl2F2N2O2. The third-order valence-electron chi connectivity index (χ3n) is 6.56. The van der Waals surface area contributed by atoms with Crippen LogP contribution in [0.5, 0.6) is 0 Å². The number of likely N-dealkylation sites (tertiary alicyclic amines) is 1. The molecule has 0 aromatic heterocycles. The Bertz CT molecular complexity index is 1230. The van der Waals surface area contributed by atoms with E-state index in [1.807, 2.05) is 19.9 Å². The van der Waals surface area contributed by atoms with Crippen LogP contribution < -0.4 is 0 Å². The number of nitriles is 1. The Morgan fingerprint density at radius 2 is 1.89 bits per heavy atom. The first kappa shape index (κ1) is 28.1. The summed E-state index contributed by atoms with van der Waals surface area (Å²) in [6.07, 6.45) is 1.91. The number of carbonyl (C=O) groups is 1. The monoisotopic (exact) mass is 534 g/mol. The number of nitrogens with zero attached hydrogens (tertiary/aromatic N) is 2. The van der Waals surface area contributed by atoms with Gasteiger partial charge in [0.2, 0.25) is 0 Å². The quantitative estimate of drug-likeness (QED) is 0.300. The first-order chi connectivity index (χ1) is 16.7. The SMILES string of the molecule is CC(C)=CCN1C(C)[C@](C#N)(c2ccc(Cl)cc2F)[C@@H](c2cccc(Cl)c2F)[C@@H]1C(=O)OC(C)(C)C. The van der Waals surface area contributed by atoms with Crippen molar-refractivity contribution in [3.63, 3.8) is 0 Å². The fourth-order valence-corrected chi connectivity index (χ4v) is 5.35. The van der Waals surface area contributed by atoms with Crippen LogP contribution in [0.25, 0.3) is 0 Å². The zero-order valence-electron chi connectivity index (χ0n) is 21.2. The van der Waals surface area contributed by atoms with E-state index in [2.05, 4.69) is 6.07 Å². The highest BCUT2D eigenvalue weighted by atomic mass is 35.5. The molecule has 36 heavy (non-hydrogen) atoms. The Kier molecular flexibility index (Phi) is 8.20. The van der Waals surface area contributed by atoms with E-state index < -0.39 is 46.6 Å².